The zero-order valence-corrected chi connectivity index (χ0v) is 15.8. The van der Waals surface area contributed by atoms with Crippen molar-refractivity contribution in [3.63, 3.8) is 0 Å². The zero-order valence-electron chi connectivity index (χ0n) is 15.8. The Morgan fingerprint density at radius 3 is 2.12 bits per heavy atom. The van der Waals surface area contributed by atoms with Crippen LogP contribution >= 0.6 is 0 Å². The topological polar surface area (TPSA) is 44.4 Å². The number of anilines is 1. The molecule has 0 fully saturated rings. The summed E-state index contributed by atoms with van der Waals surface area (Å²) in [7, 11) is 4.00. The molecule has 1 atom stereocenters. The van der Waals surface area contributed by atoms with E-state index < -0.39 is 0 Å². The Morgan fingerprint density at radius 2 is 1.60 bits per heavy atom. The molecule has 2 amide bonds. The number of benzene rings is 2. The van der Waals surface area contributed by atoms with Crippen LogP contribution in [0.1, 0.15) is 37.9 Å². The van der Waals surface area contributed by atoms with E-state index in [-0.39, 0.29) is 17.5 Å². The maximum atomic E-state index is 12.4. The molecule has 0 saturated heterocycles. The molecule has 0 heterocycles. The Morgan fingerprint density at radius 1 is 1.00 bits per heavy atom. The summed E-state index contributed by atoms with van der Waals surface area (Å²) in [6, 6.07) is 17.8. The third-order valence-corrected chi connectivity index (χ3v) is 4.06. The molecule has 4 heteroatoms. The summed E-state index contributed by atoms with van der Waals surface area (Å²) >= 11 is 0. The maximum absolute atomic E-state index is 12.4. The van der Waals surface area contributed by atoms with Gasteiger partial charge in [0, 0.05) is 12.2 Å². The SMILES string of the molecule is CN(C)CC(NC(=O)Nc1ccc(C(C)(C)C)cc1)c1ccccc1. The Bertz CT molecular complexity index is 673. The largest absolute Gasteiger partial charge is 0.330 e. The number of nitrogens with zero attached hydrogens (tertiary/aromatic N) is 1. The molecule has 0 spiro atoms. The van der Waals surface area contributed by atoms with Crippen LogP contribution < -0.4 is 10.6 Å². The number of amides is 2. The molecule has 0 radical (unpaired) electrons. The highest BCUT2D eigenvalue weighted by Gasteiger charge is 2.16. The fourth-order valence-electron chi connectivity index (χ4n) is 2.66. The second-order valence-corrected chi connectivity index (χ2v) is 7.65. The summed E-state index contributed by atoms with van der Waals surface area (Å²) in [6.07, 6.45) is 0. The van der Waals surface area contributed by atoms with Crippen LogP contribution in [0.2, 0.25) is 0 Å². The van der Waals surface area contributed by atoms with Gasteiger partial charge in [-0.25, -0.2) is 4.79 Å². The van der Waals surface area contributed by atoms with Crippen molar-refractivity contribution in [1.29, 1.82) is 0 Å². The van der Waals surface area contributed by atoms with Crippen molar-refractivity contribution < 1.29 is 4.79 Å². The number of hydrogen-bond acceptors (Lipinski definition) is 2. The van der Waals surface area contributed by atoms with E-state index >= 15 is 0 Å². The molecule has 0 aromatic heterocycles. The van der Waals surface area contributed by atoms with Crippen LogP contribution in [0.15, 0.2) is 54.6 Å². The van der Waals surface area contributed by atoms with Gasteiger partial charge in [0.1, 0.15) is 0 Å². The van der Waals surface area contributed by atoms with Crippen molar-refractivity contribution in [3.05, 3.63) is 65.7 Å². The molecule has 4 nitrogen and oxygen atoms in total. The van der Waals surface area contributed by atoms with Crippen LogP contribution in [-0.4, -0.2) is 31.6 Å². The first-order chi connectivity index (χ1) is 11.8. The Labute approximate surface area is 151 Å². The quantitative estimate of drug-likeness (QED) is 0.847. The number of urea groups is 1. The van der Waals surface area contributed by atoms with E-state index in [4.69, 9.17) is 0 Å². The minimum absolute atomic E-state index is 0.0648. The smallest absolute Gasteiger partial charge is 0.319 e. The van der Waals surface area contributed by atoms with Gasteiger partial charge in [-0.1, -0.05) is 63.2 Å². The van der Waals surface area contributed by atoms with Gasteiger partial charge in [0.25, 0.3) is 0 Å². The van der Waals surface area contributed by atoms with E-state index in [0.717, 1.165) is 17.8 Å². The average molecular weight is 339 g/mol. The first-order valence-corrected chi connectivity index (χ1v) is 8.63. The van der Waals surface area contributed by atoms with E-state index in [0.29, 0.717) is 0 Å². The van der Waals surface area contributed by atoms with Gasteiger partial charge in [-0.05, 0) is 42.8 Å². The fraction of sp³-hybridized carbons (Fsp3) is 0.381. The van der Waals surface area contributed by atoms with Crippen LogP contribution in [-0.2, 0) is 5.41 Å². The van der Waals surface area contributed by atoms with Crippen molar-refractivity contribution in [2.45, 2.75) is 32.2 Å². The fourth-order valence-corrected chi connectivity index (χ4v) is 2.66. The molecule has 0 saturated carbocycles. The van der Waals surface area contributed by atoms with Crippen molar-refractivity contribution in [1.82, 2.24) is 10.2 Å². The number of likely N-dealkylation sites (N-methyl/N-ethyl adjacent to an activating group) is 1. The standard InChI is InChI=1S/C21H29N3O/c1-21(2,3)17-11-13-18(14-12-17)22-20(25)23-19(15-24(4)5)16-9-7-6-8-10-16/h6-14,19H,15H2,1-5H3,(H2,22,23,25). The summed E-state index contributed by atoms with van der Waals surface area (Å²) in [5.41, 5.74) is 3.23. The monoisotopic (exact) mass is 339 g/mol. The zero-order chi connectivity index (χ0) is 18.4. The normalized spacial score (nSPS) is 12.7. The summed E-state index contributed by atoms with van der Waals surface area (Å²) in [4.78, 5) is 14.5. The first-order valence-electron chi connectivity index (χ1n) is 8.63. The summed E-state index contributed by atoms with van der Waals surface area (Å²) in [5, 5.41) is 5.99. The van der Waals surface area contributed by atoms with Gasteiger partial charge >= 0.3 is 6.03 Å². The summed E-state index contributed by atoms with van der Waals surface area (Å²) < 4.78 is 0. The highest BCUT2D eigenvalue weighted by Crippen LogP contribution is 2.23. The Kier molecular flexibility index (Phi) is 6.21. The predicted molar refractivity (Wildman–Crippen MR) is 105 cm³/mol. The van der Waals surface area contributed by atoms with Gasteiger partial charge in [-0.3, -0.25) is 0 Å². The van der Waals surface area contributed by atoms with Crippen LogP contribution in [0.4, 0.5) is 10.5 Å². The minimum atomic E-state index is -0.195. The van der Waals surface area contributed by atoms with E-state index in [1.165, 1.54) is 5.56 Å². The first kappa shape index (κ1) is 19.0. The summed E-state index contributed by atoms with van der Waals surface area (Å²) in [6.45, 7) is 7.26. The van der Waals surface area contributed by atoms with Crippen LogP contribution in [0.3, 0.4) is 0 Å². The Hall–Kier alpha value is -2.33. The number of carbonyl (C=O) groups is 1. The van der Waals surface area contributed by atoms with Gasteiger partial charge in [0.15, 0.2) is 0 Å². The van der Waals surface area contributed by atoms with Crippen molar-refractivity contribution in [3.8, 4) is 0 Å². The molecule has 2 rings (SSSR count). The van der Waals surface area contributed by atoms with E-state index in [1.54, 1.807) is 0 Å². The van der Waals surface area contributed by atoms with Crippen molar-refractivity contribution >= 4 is 11.7 Å². The summed E-state index contributed by atoms with van der Waals surface area (Å²) in [5.74, 6) is 0. The number of rotatable bonds is 5. The molecule has 0 aliphatic carbocycles. The second-order valence-electron chi connectivity index (χ2n) is 7.65. The lowest BCUT2D eigenvalue weighted by Gasteiger charge is -2.23. The third kappa shape index (κ3) is 5.91. The lowest BCUT2D eigenvalue weighted by molar-refractivity contribution is 0.244. The second kappa shape index (κ2) is 8.17. The van der Waals surface area contributed by atoms with E-state index in [1.807, 2.05) is 56.6 Å². The molecule has 0 bridgehead atoms. The number of hydrogen-bond donors (Lipinski definition) is 2. The number of carbonyl (C=O) groups excluding carboxylic acids is 1. The van der Waals surface area contributed by atoms with Crippen molar-refractivity contribution in [2.24, 2.45) is 0 Å². The highest BCUT2D eigenvalue weighted by atomic mass is 16.2. The van der Waals surface area contributed by atoms with Gasteiger partial charge < -0.3 is 15.5 Å². The molecular weight excluding hydrogens is 310 g/mol. The van der Waals surface area contributed by atoms with Crippen LogP contribution in [0.25, 0.3) is 0 Å². The predicted octanol–water partition coefficient (Wildman–Crippen LogP) is 4.41. The molecule has 0 aliphatic heterocycles. The van der Waals surface area contributed by atoms with E-state index in [9.17, 15) is 4.79 Å². The van der Waals surface area contributed by atoms with Gasteiger partial charge in [0.05, 0.1) is 6.04 Å². The van der Waals surface area contributed by atoms with Gasteiger partial charge in [-0.2, -0.15) is 0 Å². The molecule has 134 valence electrons. The molecule has 25 heavy (non-hydrogen) atoms. The lowest BCUT2D eigenvalue weighted by atomic mass is 9.87. The molecular formula is C21H29N3O. The Balaban J connectivity index is 2.03. The molecule has 2 aromatic carbocycles. The van der Waals surface area contributed by atoms with Gasteiger partial charge in [0.2, 0.25) is 0 Å². The van der Waals surface area contributed by atoms with Crippen molar-refractivity contribution in [2.75, 3.05) is 26.0 Å². The lowest BCUT2D eigenvalue weighted by Crippen LogP contribution is -2.37. The highest BCUT2D eigenvalue weighted by molar-refractivity contribution is 5.89. The third-order valence-electron chi connectivity index (χ3n) is 4.06. The maximum Gasteiger partial charge on any atom is 0.319 e. The van der Waals surface area contributed by atoms with Crippen LogP contribution in [0, 0.1) is 0 Å². The molecule has 2 aromatic rings. The molecule has 1 unspecified atom stereocenters. The number of nitrogens with one attached hydrogen (secondary N) is 2. The van der Waals surface area contributed by atoms with E-state index in [2.05, 4.69) is 48.4 Å². The molecule has 0 aliphatic rings. The van der Waals surface area contributed by atoms with Gasteiger partial charge in [-0.15, -0.1) is 0 Å². The minimum Gasteiger partial charge on any atom is -0.330 e. The molecule has 2 N–H and O–H groups in total. The average Bonchev–Trinajstić information content (AvgIpc) is 2.54. The van der Waals surface area contributed by atoms with Crippen LogP contribution in [0.5, 0.6) is 0 Å².